The van der Waals surface area contributed by atoms with Crippen molar-refractivity contribution in [3.8, 4) is 0 Å². The van der Waals surface area contributed by atoms with E-state index in [2.05, 4.69) is 56.8 Å². The first kappa shape index (κ1) is 16.7. The molecule has 2 atom stereocenters. The molecule has 8 nitrogen and oxygen atoms in total. The number of β-amino-alcohol motifs (C(OH)–C–C–N with tert-alkyl or cyclic N) is 1. The van der Waals surface area contributed by atoms with Gasteiger partial charge in [-0.3, -0.25) is 14.5 Å². The summed E-state index contributed by atoms with van der Waals surface area (Å²) in [6, 6.07) is 0.469. The Labute approximate surface area is 148 Å². The van der Waals surface area contributed by atoms with Gasteiger partial charge in [0, 0.05) is 44.0 Å². The van der Waals surface area contributed by atoms with Gasteiger partial charge in [0.25, 0.3) is 0 Å². The third-order valence-corrected chi connectivity index (χ3v) is 5.22. The first-order valence-electron chi connectivity index (χ1n) is 9.07. The monoisotopic (exact) mass is 345 g/mol. The summed E-state index contributed by atoms with van der Waals surface area (Å²) in [5.41, 5.74) is 1.17. The molecule has 0 unspecified atom stereocenters. The first-order chi connectivity index (χ1) is 12.0. The summed E-state index contributed by atoms with van der Waals surface area (Å²) in [7, 11) is 2.11. The molecule has 0 aliphatic carbocycles. The number of aliphatic hydroxyl groups excluding tert-OH is 1. The fourth-order valence-electron chi connectivity index (χ4n) is 3.85. The smallest absolute Gasteiger partial charge is 0.150 e. The minimum atomic E-state index is -0.315. The van der Waals surface area contributed by atoms with E-state index in [0.29, 0.717) is 19.0 Å². The van der Waals surface area contributed by atoms with Crippen LogP contribution >= 0.6 is 0 Å². The number of aliphatic hydroxyl groups is 1. The highest BCUT2D eigenvalue weighted by atomic mass is 16.3. The molecule has 8 heteroatoms. The average molecular weight is 345 g/mol. The number of likely N-dealkylation sites (N-methyl/N-ethyl adjacent to an activating group) is 1. The summed E-state index contributed by atoms with van der Waals surface area (Å²) in [5, 5.41) is 23.6. The Kier molecular flexibility index (Phi) is 4.35. The third kappa shape index (κ3) is 3.21. The Bertz CT molecular complexity index is 737. The van der Waals surface area contributed by atoms with E-state index in [0.717, 1.165) is 37.8 Å². The van der Waals surface area contributed by atoms with Gasteiger partial charge < -0.3 is 9.67 Å². The van der Waals surface area contributed by atoms with E-state index in [9.17, 15) is 5.11 Å². The lowest BCUT2D eigenvalue weighted by Gasteiger charge is -2.27. The lowest BCUT2D eigenvalue weighted by atomic mass is 10.1. The summed E-state index contributed by atoms with van der Waals surface area (Å²) in [4.78, 5) is 4.57. The highest BCUT2D eigenvalue weighted by Gasteiger charge is 2.36. The van der Waals surface area contributed by atoms with Gasteiger partial charge in [-0.25, -0.2) is 0 Å². The van der Waals surface area contributed by atoms with E-state index in [1.807, 2.05) is 10.9 Å². The van der Waals surface area contributed by atoms with Gasteiger partial charge >= 0.3 is 0 Å². The standard InChI is InChI=1S/C17H27N7O/c1-12(2)24-9-13(7-18-24)8-22-10-14(25)6-15(22)17-20-19-16-11-21(3)4-5-23(16)17/h7,9,12,14-15,25H,4-6,8,10-11H2,1-3H3/t14-,15-/m0/s1. The summed E-state index contributed by atoms with van der Waals surface area (Å²) in [5.74, 6) is 2.02. The van der Waals surface area contributed by atoms with Crippen LogP contribution in [-0.2, 0) is 19.6 Å². The fraction of sp³-hybridized carbons (Fsp3) is 0.706. The maximum atomic E-state index is 10.3. The second kappa shape index (κ2) is 6.51. The fourth-order valence-corrected chi connectivity index (χ4v) is 3.85. The van der Waals surface area contributed by atoms with Gasteiger partial charge in [-0.1, -0.05) is 0 Å². The molecule has 2 aromatic rings. The lowest BCUT2D eigenvalue weighted by Crippen LogP contribution is -2.33. The summed E-state index contributed by atoms with van der Waals surface area (Å²) < 4.78 is 4.22. The molecule has 0 saturated carbocycles. The predicted molar refractivity (Wildman–Crippen MR) is 92.7 cm³/mol. The van der Waals surface area contributed by atoms with Gasteiger partial charge in [0.05, 0.1) is 24.9 Å². The van der Waals surface area contributed by atoms with Gasteiger partial charge in [0.2, 0.25) is 0 Å². The summed E-state index contributed by atoms with van der Waals surface area (Å²) in [6.07, 6.45) is 4.42. The maximum absolute atomic E-state index is 10.3. The maximum Gasteiger partial charge on any atom is 0.150 e. The van der Waals surface area contributed by atoms with Crippen LogP contribution in [0.4, 0.5) is 0 Å². The zero-order valence-corrected chi connectivity index (χ0v) is 15.2. The third-order valence-electron chi connectivity index (χ3n) is 5.22. The molecule has 1 fully saturated rings. The molecule has 0 bridgehead atoms. The second-order valence-electron chi connectivity index (χ2n) is 7.62. The normalized spacial score (nSPS) is 25.0. The van der Waals surface area contributed by atoms with Crippen molar-refractivity contribution in [1.82, 2.24) is 34.3 Å². The zero-order valence-electron chi connectivity index (χ0n) is 15.2. The molecule has 0 radical (unpaired) electrons. The summed E-state index contributed by atoms with van der Waals surface area (Å²) >= 11 is 0. The van der Waals surface area contributed by atoms with Crippen molar-refractivity contribution in [2.75, 3.05) is 20.1 Å². The van der Waals surface area contributed by atoms with Crippen molar-refractivity contribution in [3.05, 3.63) is 29.6 Å². The van der Waals surface area contributed by atoms with Crippen LogP contribution in [-0.4, -0.2) is 65.7 Å². The molecule has 0 amide bonds. The number of nitrogens with zero attached hydrogens (tertiary/aromatic N) is 7. The van der Waals surface area contributed by atoms with Gasteiger partial charge in [-0.2, -0.15) is 5.10 Å². The van der Waals surface area contributed by atoms with Crippen molar-refractivity contribution >= 4 is 0 Å². The van der Waals surface area contributed by atoms with Crippen molar-refractivity contribution in [3.63, 3.8) is 0 Å². The molecule has 1 N–H and O–H groups in total. The molecule has 25 heavy (non-hydrogen) atoms. The van der Waals surface area contributed by atoms with Crippen molar-refractivity contribution in [2.45, 2.75) is 58.1 Å². The average Bonchev–Trinajstić information content (AvgIpc) is 3.25. The van der Waals surface area contributed by atoms with Gasteiger partial charge in [-0.05, 0) is 27.3 Å². The van der Waals surface area contributed by atoms with E-state index >= 15 is 0 Å². The van der Waals surface area contributed by atoms with Crippen LogP contribution in [0.1, 0.15) is 49.6 Å². The topological polar surface area (TPSA) is 75.2 Å². The molecule has 0 aromatic carbocycles. The zero-order chi connectivity index (χ0) is 17.6. The van der Waals surface area contributed by atoms with Crippen LogP contribution in [0.3, 0.4) is 0 Å². The highest BCUT2D eigenvalue weighted by molar-refractivity contribution is 5.10. The Morgan fingerprint density at radius 2 is 2.12 bits per heavy atom. The molecule has 2 aromatic heterocycles. The molecule has 136 valence electrons. The van der Waals surface area contributed by atoms with Gasteiger partial charge in [0.15, 0.2) is 5.82 Å². The number of hydrogen-bond donors (Lipinski definition) is 1. The minimum absolute atomic E-state index is 0.113. The molecular formula is C17H27N7O. The highest BCUT2D eigenvalue weighted by Crippen LogP contribution is 2.33. The van der Waals surface area contributed by atoms with Crippen LogP contribution in [0.5, 0.6) is 0 Å². The minimum Gasteiger partial charge on any atom is -0.392 e. The largest absolute Gasteiger partial charge is 0.392 e. The number of hydrogen-bond acceptors (Lipinski definition) is 6. The molecule has 4 heterocycles. The van der Waals surface area contributed by atoms with E-state index in [4.69, 9.17) is 0 Å². The molecule has 4 rings (SSSR count). The molecule has 1 saturated heterocycles. The Morgan fingerprint density at radius 1 is 1.28 bits per heavy atom. The molecule has 2 aliphatic rings. The van der Waals surface area contributed by atoms with Crippen LogP contribution < -0.4 is 0 Å². The van der Waals surface area contributed by atoms with E-state index in [1.54, 1.807) is 0 Å². The Balaban J connectivity index is 1.56. The van der Waals surface area contributed by atoms with E-state index in [1.165, 1.54) is 5.56 Å². The molecule has 2 aliphatic heterocycles. The lowest BCUT2D eigenvalue weighted by molar-refractivity contribution is 0.171. The van der Waals surface area contributed by atoms with E-state index in [-0.39, 0.29) is 12.1 Å². The van der Waals surface area contributed by atoms with Crippen LogP contribution in [0.25, 0.3) is 0 Å². The number of likely N-dealkylation sites (tertiary alicyclic amines) is 1. The van der Waals surface area contributed by atoms with E-state index < -0.39 is 0 Å². The van der Waals surface area contributed by atoms with Crippen LogP contribution in [0.15, 0.2) is 12.4 Å². The Hall–Kier alpha value is -1.77. The predicted octanol–water partition coefficient (Wildman–Crippen LogP) is 0.809. The number of rotatable bonds is 4. The van der Waals surface area contributed by atoms with Gasteiger partial charge in [0.1, 0.15) is 5.82 Å². The van der Waals surface area contributed by atoms with Gasteiger partial charge in [-0.15, -0.1) is 10.2 Å². The molecular weight excluding hydrogens is 318 g/mol. The van der Waals surface area contributed by atoms with Crippen LogP contribution in [0.2, 0.25) is 0 Å². The van der Waals surface area contributed by atoms with Crippen molar-refractivity contribution < 1.29 is 5.11 Å². The van der Waals surface area contributed by atoms with Crippen molar-refractivity contribution in [1.29, 1.82) is 0 Å². The Morgan fingerprint density at radius 3 is 2.88 bits per heavy atom. The SMILES string of the molecule is CC(C)n1cc(CN2C[C@@H](O)C[C@H]2c2nnc3n2CCN(C)C3)cn1. The quantitative estimate of drug-likeness (QED) is 0.884. The summed E-state index contributed by atoms with van der Waals surface area (Å²) in [6.45, 7) is 8.45. The van der Waals surface area contributed by atoms with Crippen LogP contribution in [0, 0.1) is 0 Å². The second-order valence-corrected chi connectivity index (χ2v) is 7.62. The number of aromatic nitrogens is 5. The number of fused-ring (bicyclic) bond motifs is 1. The molecule has 0 spiro atoms. The van der Waals surface area contributed by atoms with Crippen molar-refractivity contribution in [2.24, 2.45) is 0 Å². The first-order valence-corrected chi connectivity index (χ1v) is 9.07.